The zero-order valence-corrected chi connectivity index (χ0v) is 20.5. The van der Waals surface area contributed by atoms with Gasteiger partial charge in [-0.2, -0.15) is 0 Å². The van der Waals surface area contributed by atoms with Crippen LogP contribution in [-0.4, -0.2) is 18.4 Å². The van der Waals surface area contributed by atoms with Crippen LogP contribution < -0.4 is 10.5 Å². The molecular formula is C26H28ClNO6. The van der Waals surface area contributed by atoms with Gasteiger partial charge in [0.2, 0.25) is 5.88 Å². The SMILES string of the molecule is CCOC(=O)C1=C(N)OC2=C(C(=O)CC(C)(C)C2)[C@H]1c1ccc(COc2ccc(Cl)c(C)c2)o1. The highest BCUT2D eigenvalue weighted by Crippen LogP contribution is 2.48. The average molecular weight is 486 g/mol. The molecule has 0 spiro atoms. The average Bonchev–Trinajstić information content (AvgIpc) is 3.21. The Labute approximate surface area is 203 Å². The van der Waals surface area contributed by atoms with Crippen LogP contribution in [0, 0.1) is 12.3 Å². The minimum absolute atomic E-state index is 0.0708. The quantitative estimate of drug-likeness (QED) is 0.553. The fourth-order valence-corrected chi connectivity index (χ4v) is 4.48. The number of carbonyl (C=O) groups excluding carboxylic acids is 2. The van der Waals surface area contributed by atoms with Crippen molar-refractivity contribution in [2.24, 2.45) is 11.1 Å². The Balaban J connectivity index is 1.67. The number of halogens is 1. The second kappa shape index (κ2) is 9.22. The van der Waals surface area contributed by atoms with E-state index in [1.165, 1.54) is 0 Å². The summed E-state index contributed by atoms with van der Waals surface area (Å²) in [6.45, 7) is 7.90. The molecule has 1 atom stereocenters. The van der Waals surface area contributed by atoms with Crippen molar-refractivity contribution in [3.63, 3.8) is 0 Å². The zero-order valence-electron chi connectivity index (χ0n) is 19.7. The molecule has 2 N–H and O–H groups in total. The van der Waals surface area contributed by atoms with Crippen LogP contribution in [0.1, 0.15) is 56.6 Å². The van der Waals surface area contributed by atoms with E-state index in [4.69, 9.17) is 36.0 Å². The van der Waals surface area contributed by atoms with Crippen LogP contribution in [0.2, 0.25) is 5.02 Å². The number of aryl methyl sites for hydroxylation is 1. The summed E-state index contributed by atoms with van der Waals surface area (Å²) < 4.78 is 22.9. The van der Waals surface area contributed by atoms with E-state index in [1.54, 1.807) is 31.2 Å². The zero-order chi connectivity index (χ0) is 24.6. The minimum Gasteiger partial charge on any atom is -0.486 e. The van der Waals surface area contributed by atoms with Gasteiger partial charge in [-0.15, -0.1) is 0 Å². The van der Waals surface area contributed by atoms with Crippen LogP contribution in [0.3, 0.4) is 0 Å². The van der Waals surface area contributed by atoms with Gasteiger partial charge in [-0.1, -0.05) is 25.4 Å². The highest BCUT2D eigenvalue weighted by Gasteiger charge is 2.46. The Morgan fingerprint density at radius 2 is 2.00 bits per heavy atom. The number of ketones is 1. The third-order valence-corrected chi connectivity index (χ3v) is 6.35. The molecule has 0 saturated heterocycles. The minimum atomic E-state index is -0.807. The summed E-state index contributed by atoms with van der Waals surface area (Å²) in [4.78, 5) is 26.0. The summed E-state index contributed by atoms with van der Waals surface area (Å²) in [6.07, 6.45) is 0.849. The summed E-state index contributed by atoms with van der Waals surface area (Å²) in [6, 6.07) is 8.87. The lowest BCUT2D eigenvalue weighted by Crippen LogP contribution is -2.35. The van der Waals surface area contributed by atoms with Crippen molar-refractivity contribution in [2.45, 2.75) is 53.1 Å². The summed E-state index contributed by atoms with van der Waals surface area (Å²) in [5, 5.41) is 0.660. The number of allylic oxidation sites excluding steroid dienone is 2. The van der Waals surface area contributed by atoms with Crippen molar-refractivity contribution >= 4 is 23.4 Å². The molecule has 0 bridgehead atoms. The van der Waals surface area contributed by atoms with E-state index >= 15 is 0 Å². The normalized spacial score (nSPS) is 19.6. The number of ether oxygens (including phenoxy) is 3. The van der Waals surface area contributed by atoms with Crippen LogP contribution in [0.5, 0.6) is 5.75 Å². The first kappa shape index (κ1) is 24.0. The number of esters is 1. The number of hydrogen-bond donors (Lipinski definition) is 1. The molecule has 0 fully saturated rings. The van der Waals surface area contributed by atoms with Gasteiger partial charge in [-0.3, -0.25) is 4.79 Å². The molecule has 1 aromatic heterocycles. The van der Waals surface area contributed by atoms with Gasteiger partial charge < -0.3 is 24.4 Å². The van der Waals surface area contributed by atoms with Crippen molar-refractivity contribution in [3.05, 3.63) is 75.2 Å². The van der Waals surface area contributed by atoms with Gasteiger partial charge in [0, 0.05) is 23.4 Å². The number of rotatable bonds is 6. The largest absolute Gasteiger partial charge is 0.486 e. The Hall–Kier alpha value is -3.19. The lowest BCUT2D eigenvalue weighted by molar-refractivity contribution is -0.139. The maximum atomic E-state index is 13.2. The molecule has 1 aliphatic carbocycles. The Bertz CT molecular complexity index is 1210. The number of hydrogen-bond acceptors (Lipinski definition) is 7. The Morgan fingerprint density at radius 3 is 2.71 bits per heavy atom. The first-order valence-electron chi connectivity index (χ1n) is 11.2. The maximum absolute atomic E-state index is 13.2. The third-order valence-electron chi connectivity index (χ3n) is 5.93. The molecule has 1 aromatic carbocycles. The van der Waals surface area contributed by atoms with Gasteiger partial charge in [-0.05, 0) is 55.2 Å². The molecular weight excluding hydrogens is 458 g/mol. The standard InChI is InChI=1S/C26H28ClNO6/c1-5-31-25(30)23-22(21-18(29)11-26(3,4)12-20(21)34-24(23)28)19-9-7-16(33-19)13-32-15-6-8-17(27)14(2)10-15/h6-10,22H,5,11-13,28H2,1-4H3/t22-/m1/s1. The van der Waals surface area contributed by atoms with E-state index in [2.05, 4.69) is 0 Å². The van der Waals surface area contributed by atoms with Gasteiger partial charge in [0.1, 0.15) is 35.2 Å². The van der Waals surface area contributed by atoms with E-state index in [0.29, 0.717) is 46.5 Å². The highest BCUT2D eigenvalue weighted by atomic mass is 35.5. The molecule has 0 amide bonds. The molecule has 0 unspecified atom stereocenters. The van der Waals surface area contributed by atoms with E-state index in [1.807, 2.05) is 26.8 Å². The van der Waals surface area contributed by atoms with Crippen molar-refractivity contribution in [1.29, 1.82) is 0 Å². The lowest BCUT2D eigenvalue weighted by Gasteiger charge is -2.37. The molecule has 34 heavy (non-hydrogen) atoms. The second-order valence-electron chi connectivity index (χ2n) is 9.32. The van der Waals surface area contributed by atoms with Gasteiger partial charge in [0.05, 0.1) is 12.5 Å². The van der Waals surface area contributed by atoms with E-state index < -0.39 is 11.9 Å². The molecule has 1 aliphatic heterocycles. The van der Waals surface area contributed by atoms with Gasteiger partial charge in [-0.25, -0.2) is 4.79 Å². The van der Waals surface area contributed by atoms with Crippen LogP contribution in [-0.2, 0) is 25.7 Å². The molecule has 0 saturated carbocycles. The topological polar surface area (TPSA) is 101 Å². The van der Waals surface area contributed by atoms with Crippen molar-refractivity contribution in [1.82, 2.24) is 0 Å². The van der Waals surface area contributed by atoms with E-state index in [0.717, 1.165) is 5.56 Å². The van der Waals surface area contributed by atoms with Crippen molar-refractivity contribution < 1.29 is 28.2 Å². The number of benzene rings is 1. The fraction of sp³-hybridized carbons (Fsp3) is 0.385. The predicted molar refractivity (Wildman–Crippen MR) is 126 cm³/mol. The summed E-state index contributed by atoms with van der Waals surface area (Å²) in [5.41, 5.74) is 7.27. The molecule has 2 aromatic rings. The molecule has 2 aliphatic rings. The molecule has 8 heteroatoms. The first-order chi connectivity index (χ1) is 16.1. The Morgan fingerprint density at radius 1 is 1.24 bits per heavy atom. The lowest BCUT2D eigenvalue weighted by atomic mass is 9.71. The summed E-state index contributed by atoms with van der Waals surface area (Å²) in [5.74, 6) is 0.440. The van der Waals surface area contributed by atoms with E-state index in [-0.39, 0.29) is 35.9 Å². The van der Waals surface area contributed by atoms with Gasteiger partial charge in [0.15, 0.2) is 5.78 Å². The first-order valence-corrected chi connectivity index (χ1v) is 11.6. The molecule has 2 heterocycles. The van der Waals surface area contributed by atoms with Crippen LogP contribution in [0.25, 0.3) is 0 Å². The van der Waals surface area contributed by atoms with Crippen molar-refractivity contribution in [3.8, 4) is 5.75 Å². The second-order valence-corrected chi connectivity index (χ2v) is 9.72. The van der Waals surface area contributed by atoms with Crippen LogP contribution in [0.4, 0.5) is 0 Å². The molecule has 180 valence electrons. The molecule has 7 nitrogen and oxygen atoms in total. The highest BCUT2D eigenvalue weighted by molar-refractivity contribution is 6.31. The molecule has 0 radical (unpaired) electrons. The van der Waals surface area contributed by atoms with Crippen LogP contribution in [0.15, 0.2) is 57.5 Å². The van der Waals surface area contributed by atoms with Crippen molar-refractivity contribution in [2.75, 3.05) is 6.61 Å². The number of furan rings is 1. The number of nitrogens with two attached hydrogens (primary N) is 1. The number of carbonyl (C=O) groups is 2. The fourth-order valence-electron chi connectivity index (χ4n) is 4.37. The molecule has 4 rings (SSSR count). The predicted octanol–water partition coefficient (Wildman–Crippen LogP) is 5.31. The summed E-state index contributed by atoms with van der Waals surface area (Å²) >= 11 is 6.08. The number of Topliss-reactive ketones (excluding diaryl/α,β-unsaturated/α-hetero) is 1. The van der Waals surface area contributed by atoms with Crippen LogP contribution >= 0.6 is 11.6 Å². The Kier molecular flexibility index (Phi) is 6.49. The summed E-state index contributed by atoms with van der Waals surface area (Å²) in [7, 11) is 0. The van der Waals surface area contributed by atoms with Gasteiger partial charge >= 0.3 is 5.97 Å². The van der Waals surface area contributed by atoms with Gasteiger partial charge in [0.25, 0.3) is 0 Å². The smallest absolute Gasteiger partial charge is 0.340 e. The monoisotopic (exact) mass is 485 g/mol. The maximum Gasteiger partial charge on any atom is 0.340 e. The third kappa shape index (κ3) is 4.71. The van der Waals surface area contributed by atoms with E-state index in [9.17, 15) is 9.59 Å².